The van der Waals surface area contributed by atoms with Gasteiger partial charge >= 0.3 is 0 Å². The molecule has 3 heterocycles. The molecule has 0 unspecified atom stereocenters. The van der Waals surface area contributed by atoms with Crippen LogP contribution in [0.1, 0.15) is 41.5 Å². The van der Waals surface area contributed by atoms with Gasteiger partial charge in [-0.3, -0.25) is 4.79 Å². The number of amides is 1. The Morgan fingerprint density at radius 2 is 2.03 bits per heavy atom. The number of benzene rings is 1. The molecule has 30 heavy (non-hydrogen) atoms. The van der Waals surface area contributed by atoms with Crippen molar-refractivity contribution >= 4 is 5.91 Å². The van der Waals surface area contributed by atoms with Crippen LogP contribution in [-0.2, 0) is 0 Å². The molecule has 0 bridgehead atoms. The van der Waals surface area contributed by atoms with E-state index in [1.807, 2.05) is 48.2 Å². The summed E-state index contributed by atoms with van der Waals surface area (Å²) in [4.78, 5) is 24.0. The van der Waals surface area contributed by atoms with Crippen LogP contribution in [0.2, 0.25) is 0 Å². The summed E-state index contributed by atoms with van der Waals surface area (Å²) in [5.41, 5.74) is 2.26. The number of nitrogens with zero attached hydrogens (tertiary/aromatic N) is 4. The molecule has 2 atom stereocenters. The molecule has 1 amide bonds. The molecule has 1 aliphatic rings. The first-order chi connectivity index (χ1) is 14.5. The monoisotopic (exact) mass is 406 g/mol. The number of likely N-dealkylation sites (tertiary alicyclic amines) is 1. The minimum atomic E-state index is -0.0207. The van der Waals surface area contributed by atoms with Crippen molar-refractivity contribution in [3.05, 3.63) is 59.5 Å². The number of ether oxygens (including phenoxy) is 1. The molecule has 3 aromatic rings. The van der Waals surface area contributed by atoms with Gasteiger partial charge in [0.05, 0.1) is 17.7 Å². The molecule has 0 radical (unpaired) electrons. The van der Waals surface area contributed by atoms with Gasteiger partial charge in [-0.1, -0.05) is 23.4 Å². The largest absolute Gasteiger partial charge is 0.477 e. The fourth-order valence-corrected chi connectivity index (χ4v) is 3.84. The number of carbonyl (C=O) groups is 1. The molecule has 0 saturated carbocycles. The van der Waals surface area contributed by atoms with Gasteiger partial charge in [-0.15, -0.1) is 0 Å². The van der Waals surface area contributed by atoms with Crippen molar-refractivity contribution in [3.63, 3.8) is 0 Å². The smallest absolute Gasteiger partial charge is 0.258 e. The normalized spacial score (nSPS) is 19.0. The van der Waals surface area contributed by atoms with Gasteiger partial charge in [-0.05, 0) is 51.8 Å². The van der Waals surface area contributed by atoms with Gasteiger partial charge in [0.25, 0.3) is 11.8 Å². The van der Waals surface area contributed by atoms with E-state index in [4.69, 9.17) is 9.26 Å². The number of pyridine rings is 1. The van der Waals surface area contributed by atoms with Crippen LogP contribution in [0.4, 0.5) is 0 Å². The lowest BCUT2D eigenvalue weighted by molar-refractivity contribution is 0.0502. The molecule has 1 saturated heterocycles. The van der Waals surface area contributed by atoms with Gasteiger partial charge in [-0.25, -0.2) is 4.98 Å². The summed E-state index contributed by atoms with van der Waals surface area (Å²) in [6.45, 7) is 7.02. The molecule has 0 aliphatic carbocycles. The average molecular weight is 406 g/mol. The summed E-state index contributed by atoms with van der Waals surface area (Å²) in [5.74, 6) is 1.80. The second kappa shape index (κ2) is 8.65. The van der Waals surface area contributed by atoms with Crippen LogP contribution < -0.4 is 4.74 Å². The fraction of sp³-hybridized carbons (Fsp3) is 0.391. The molecule has 1 aromatic carbocycles. The maximum Gasteiger partial charge on any atom is 0.258 e. The van der Waals surface area contributed by atoms with E-state index >= 15 is 0 Å². The minimum Gasteiger partial charge on any atom is -0.477 e. The van der Waals surface area contributed by atoms with Gasteiger partial charge in [0.15, 0.2) is 5.82 Å². The van der Waals surface area contributed by atoms with E-state index < -0.39 is 0 Å². The number of rotatable bonds is 5. The zero-order valence-corrected chi connectivity index (χ0v) is 17.5. The first kappa shape index (κ1) is 20.1. The van der Waals surface area contributed by atoms with Crippen molar-refractivity contribution in [2.24, 2.45) is 5.92 Å². The summed E-state index contributed by atoms with van der Waals surface area (Å²) in [6.07, 6.45) is 3.68. The van der Waals surface area contributed by atoms with Gasteiger partial charge in [0, 0.05) is 30.3 Å². The molecule has 1 fully saturated rings. The van der Waals surface area contributed by atoms with E-state index in [2.05, 4.69) is 22.0 Å². The first-order valence-electron chi connectivity index (χ1n) is 10.3. The Balaban J connectivity index is 1.50. The van der Waals surface area contributed by atoms with Crippen molar-refractivity contribution in [2.75, 3.05) is 13.2 Å². The Bertz CT molecular complexity index is 1030. The van der Waals surface area contributed by atoms with Gasteiger partial charge in [-0.2, -0.15) is 4.98 Å². The van der Waals surface area contributed by atoms with Crippen LogP contribution in [0.15, 0.2) is 47.1 Å². The molecule has 1 aliphatic heterocycles. The number of carbonyl (C=O) groups excluding carboxylic acids is 1. The van der Waals surface area contributed by atoms with E-state index in [9.17, 15) is 4.79 Å². The van der Waals surface area contributed by atoms with Crippen molar-refractivity contribution < 1.29 is 14.1 Å². The Labute approximate surface area is 176 Å². The van der Waals surface area contributed by atoms with E-state index in [-0.39, 0.29) is 17.9 Å². The zero-order valence-electron chi connectivity index (χ0n) is 17.5. The summed E-state index contributed by atoms with van der Waals surface area (Å²) in [6, 6.07) is 11.4. The van der Waals surface area contributed by atoms with Crippen LogP contribution >= 0.6 is 0 Å². The number of aryl methyl sites for hydroxylation is 2. The van der Waals surface area contributed by atoms with Crippen molar-refractivity contribution in [2.45, 2.75) is 39.7 Å². The number of aromatic nitrogens is 3. The highest BCUT2D eigenvalue weighted by molar-refractivity contribution is 6.00. The Hall–Kier alpha value is -3.22. The van der Waals surface area contributed by atoms with Gasteiger partial charge < -0.3 is 14.2 Å². The quantitative estimate of drug-likeness (QED) is 0.635. The number of hydrogen-bond donors (Lipinski definition) is 0. The standard InChI is InChI=1S/C23H26N4O3/c1-15-7-6-12-24-21(15)29-14-18-11-10-16(2)27(13-18)23(28)20-9-5-4-8-19(20)22-25-17(3)26-30-22/h4-9,12,16,18H,10-11,13-14H2,1-3H3/t16-,18-/m1/s1. The second-order valence-corrected chi connectivity index (χ2v) is 7.88. The molecule has 2 aromatic heterocycles. The summed E-state index contributed by atoms with van der Waals surface area (Å²) in [7, 11) is 0. The molecule has 7 nitrogen and oxygen atoms in total. The summed E-state index contributed by atoms with van der Waals surface area (Å²) in [5, 5.41) is 3.86. The molecule has 156 valence electrons. The van der Waals surface area contributed by atoms with Crippen LogP contribution in [0.25, 0.3) is 11.5 Å². The molecular formula is C23H26N4O3. The lowest BCUT2D eigenvalue weighted by atomic mass is 9.92. The maximum atomic E-state index is 13.5. The van der Waals surface area contributed by atoms with E-state index in [1.54, 1.807) is 13.1 Å². The van der Waals surface area contributed by atoms with Gasteiger partial charge in [0.2, 0.25) is 5.88 Å². The van der Waals surface area contributed by atoms with Crippen molar-refractivity contribution in [3.8, 4) is 17.3 Å². The minimum absolute atomic E-state index is 0.0207. The summed E-state index contributed by atoms with van der Waals surface area (Å²) >= 11 is 0. The average Bonchev–Trinajstić information content (AvgIpc) is 3.20. The van der Waals surface area contributed by atoms with Crippen molar-refractivity contribution in [1.29, 1.82) is 0 Å². The predicted octanol–water partition coefficient (Wildman–Crippen LogP) is 4.07. The Morgan fingerprint density at radius 1 is 1.20 bits per heavy atom. The summed E-state index contributed by atoms with van der Waals surface area (Å²) < 4.78 is 11.3. The van der Waals surface area contributed by atoms with E-state index in [0.717, 1.165) is 18.4 Å². The van der Waals surface area contributed by atoms with Crippen LogP contribution in [0.5, 0.6) is 5.88 Å². The number of hydrogen-bond acceptors (Lipinski definition) is 6. The van der Waals surface area contributed by atoms with Crippen LogP contribution in [0, 0.1) is 19.8 Å². The highest BCUT2D eigenvalue weighted by atomic mass is 16.5. The van der Waals surface area contributed by atoms with E-state index in [1.165, 1.54) is 0 Å². The third-order valence-corrected chi connectivity index (χ3v) is 5.57. The third kappa shape index (κ3) is 4.20. The Kier molecular flexibility index (Phi) is 5.79. The maximum absolute atomic E-state index is 13.5. The second-order valence-electron chi connectivity index (χ2n) is 7.88. The SMILES string of the molecule is Cc1noc(-c2ccccc2C(=O)N2C[C@H](COc3ncccc3C)CC[C@H]2C)n1. The third-order valence-electron chi connectivity index (χ3n) is 5.57. The fourth-order valence-electron chi connectivity index (χ4n) is 3.84. The Morgan fingerprint density at radius 3 is 2.80 bits per heavy atom. The zero-order chi connectivity index (χ0) is 21.1. The highest BCUT2D eigenvalue weighted by Crippen LogP contribution is 2.28. The molecular weight excluding hydrogens is 380 g/mol. The van der Waals surface area contributed by atoms with Gasteiger partial charge in [0.1, 0.15) is 0 Å². The lowest BCUT2D eigenvalue weighted by Crippen LogP contribution is -2.47. The van der Waals surface area contributed by atoms with Crippen molar-refractivity contribution in [1.82, 2.24) is 20.0 Å². The lowest BCUT2D eigenvalue weighted by Gasteiger charge is -2.38. The highest BCUT2D eigenvalue weighted by Gasteiger charge is 2.31. The molecule has 7 heteroatoms. The molecule has 0 N–H and O–H groups in total. The molecule has 0 spiro atoms. The van der Waals surface area contributed by atoms with E-state index in [0.29, 0.717) is 41.9 Å². The van der Waals surface area contributed by atoms with Crippen LogP contribution in [0.3, 0.4) is 0 Å². The van der Waals surface area contributed by atoms with Crippen LogP contribution in [-0.4, -0.2) is 45.1 Å². The predicted molar refractivity (Wildman–Crippen MR) is 112 cm³/mol. The molecule has 4 rings (SSSR count). The number of piperidine rings is 1. The first-order valence-corrected chi connectivity index (χ1v) is 10.3. The topological polar surface area (TPSA) is 81.4 Å².